The number of aliphatic imine (C=N–C) groups is 1. The Morgan fingerprint density at radius 1 is 0.867 bits per heavy atom. The summed E-state index contributed by atoms with van der Waals surface area (Å²) in [5.74, 6) is 0.456. The van der Waals surface area contributed by atoms with Gasteiger partial charge in [-0.05, 0) is 28.7 Å². The molecule has 5 rings (SSSR count). The second-order valence-electron chi connectivity index (χ2n) is 7.94. The fourth-order valence-electron chi connectivity index (χ4n) is 3.91. The van der Waals surface area contributed by atoms with Crippen LogP contribution >= 0.6 is 7.92 Å². The van der Waals surface area contributed by atoms with Crippen molar-refractivity contribution in [1.29, 1.82) is 0 Å². The average molecular weight is 412 g/mol. The van der Waals surface area contributed by atoms with Crippen molar-refractivity contribution in [3.63, 3.8) is 0 Å². The Bertz CT molecular complexity index is 1140. The summed E-state index contributed by atoms with van der Waals surface area (Å²) in [6, 6.07) is 33.3. The molecular weight excluding hydrogens is 387 g/mol. The van der Waals surface area contributed by atoms with Crippen LogP contribution in [0.2, 0.25) is 0 Å². The smallest absolute Gasteiger partial charge is 0.297 e. The molecule has 0 bridgehead atoms. The number of fused-ring (bicyclic) bond motifs is 1. The van der Waals surface area contributed by atoms with E-state index in [1.165, 1.54) is 21.4 Å². The summed E-state index contributed by atoms with van der Waals surface area (Å²) in [5.41, 5.74) is 2.39. The Hall–Kier alpha value is -2.90. The van der Waals surface area contributed by atoms with E-state index >= 15 is 0 Å². The van der Waals surface area contributed by atoms with Gasteiger partial charge in [0.1, 0.15) is 6.61 Å². The molecule has 1 aromatic heterocycles. The van der Waals surface area contributed by atoms with Crippen molar-refractivity contribution in [1.82, 2.24) is 4.57 Å². The lowest BCUT2D eigenvalue weighted by atomic mass is 10.1. The molecule has 1 aliphatic heterocycles. The molecule has 0 amide bonds. The fraction of sp³-hybridized carbons (Fsp3) is 0.192. The molecule has 4 aromatic rings. The van der Waals surface area contributed by atoms with Crippen LogP contribution in [0.5, 0.6) is 0 Å². The van der Waals surface area contributed by atoms with Gasteiger partial charge in [0.25, 0.3) is 6.02 Å². The highest BCUT2D eigenvalue weighted by molar-refractivity contribution is 7.79. The van der Waals surface area contributed by atoms with Gasteiger partial charge in [0.15, 0.2) is 0 Å². The van der Waals surface area contributed by atoms with Crippen LogP contribution in [0.1, 0.15) is 13.8 Å². The van der Waals surface area contributed by atoms with Crippen LogP contribution in [0, 0.1) is 5.92 Å². The van der Waals surface area contributed by atoms with Crippen LogP contribution in [0.4, 0.5) is 0 Å². The average Bonchev–Trinajstić information content (AvgIpc) is 3.40. The number of hydrogen-bond acceptors (Lipinski definition) is 2. The first-order valence-electron chi connectivity index (χ1n) is 10.4. The van der Waals surface area contributed by atoms with Gasteiger partial charge in [-0.3, -0.25) is 4.57 Å². The third-order valence-electron chi connectivity index (χ3n) is 5.57. The Balaban J connectivity index is 1.76. The number of rotatable bonds is 4. The summed E-state index contributed by atoms with van der Waals surface area (Å²) in [5, 5.41) is 3.86. The first kappa shape index (κ1) is 19.1. The second kappa shape index (κ2) is 8.08. The van der Waals surface area contributed by atoms with Crippen LogP contribution < -0.4 is 16.0 Å². The van der Waals surface area contributed by atoms with Gasteiger partial charge < -0.3 is 4.74 Å². The lowest BCUT2D eigenvalue weighted by Crippen LogP contribution is -2.30. The van der Waals surface area contributed by atoms with E-state index in [-0.39, 0.29) is 6.04 Å². The van der Waals surface area contributed by atoms with E-state index in [1.54, 1.807) is 0 Å². The van der Waals surface area contributed by atoms with E-state index in [0.29, 0.717) is 12.5 Å². The minimum Gasteiger partial charge on any atom is -0.462 e. The quantitative estimate of drug-likeness (QED) is 0.448. The van der Waals surface area contributed by atoms with E-state index in [2.05, 4.69) is 109 Å². The summed E-state index contributed by atoms with van der Waals surface area (Å²) in [4.78, 5) is 4.98. The van der Waals surface area contributed by atoms with Crippen molar-refractivity contribution in [2.75, 3.05) is 6.61 Å². The maximum absolute atomic E-state index is 6.17. The molecule has 0 radical (unpaired) electrons. The van der Waals surface area contributed by atoms with Crippen LogP contribution in [-0.4, -0.2) is 23.2 Å². The molecule has 30 heavy (non-hydrogen) atoms. The molecule has 0 fully saturated rings. The Labute approximate surface area is 178 Å². The monoisotopic (exact) mass is 412 g/mol. The Morgan fingerprint density at radius 3 is 2.07 bits per heavy atom. The van der Waals surface area contributed by atoms with Crippen LogP contribution in [0.25, 0.3) is 10.9 Å². The molecule has 0 saturated carbocycles. The highest BCUT2D eigenvalue weighted by Crippen LogP contribution is 2.35. The molecular formula is C26H25N2OP. The van der Waals surface area contributed by atoms with Gasteiger partial charge in [-0.15, -0.1) is 0 Å². The van der Waals surface area contributed by atoms with Crippen molar-refractivity contribution in [2.45, 2.75) is 19.9 Å². The predicted molar refractivity (Wildman–Crippen MR) is 128 cm³/mol. The summed E-state index contributed by atoms with van der Waals surface area (Å²) >= 11 is 0. The topological polar surface area (TPSA) is 26.5 Å². The van der Waals surface area contributed by atoms with Gasteiger partial charge >= 0.3 is 0 Å². The molecule has 0 aliphatic carbocycles. The maximum Gasteiger partial charge on any atom is 0.297 e. The van der Waals surface area contributed by atoms with E-state index in [1.807, 2.05) is 0 Å². The van der Waals surface area contributed by atoms with Gasteiger partial charge in [-0.2, -0.15) is 0 Å². The summed E-state index contributed by atoms with van der Waals surface area (Å²) in [7, 11) is -0.757. The molecule has 0 N–H and O–H groups in total. The molecule has 0 unspecified atom stereocenters. The van der Waals surface area contributed by atoms with Gasteiger partial charge in [0, 0.05) is 13.3 Å². The Kier molecular flexibility index (Phi) is 5.14. The molecule has 3 nitrogen and oxygen atoms in total. The number of para-hydroxylation sites is 1. The molecule has 2 heterocycles. The van der Waals surface area contributed by atoms with Crippen molar-refractivity contribution in [2.24, 2.45) is 10.9 Å². The van der Waals surface area contributed by atoms with Crippen molar-refractivity contribution in [3.05, 3.63) is 91.0 Å². The van der Waals surface area contributed by atoms with Gasteiger partial charge in [0.05, 0.1) is 17.0 Å². The number of benzene rings is 3. The van der Waals surface area contributed by atoms with E-state index in [4.69, 9.17) is 9.73 Å². The first-order valence-corrected chi connectivity index (χ1v) is 11.8. The largest absolute Gasteiger partial charge is 0.462 e. The third kappa shape index (κ3) is 3.44. The lowest BCUT2D eigenvalue weighted by Gasteiger charge is -2.21. The molecule has 3 aromatic carbocycles. The van der Waals surface area contributed by atoms with Gasteiger partial charge in [0.2, 0.25) is 0 Å². The van der Waals surface area contributed by atoms with E-state index in [0.717, 1.165) is 11.5 Å². The standard InChI is InChI=1S/C26H25N2OP/c1-19(2)23-18-29-26(27-23)28-24-16-10-9-11-20(24)17-25(28)30(21-12-5-3-6-13-21)22-14-7-4-8-15-22/h3-17,19,23H,18H2,1-2H3/t23-/m1/s1. The zero-order valence-electron chi connectivity index (χ0n) is 17.3. The highest BCUT2D eigenvalue weighted by Gasteiger charge is 2.29. The maximum atomic E-state index is 6.17. The van der Waals surface area contributed by atoms with Gasteiger partial charge in [-0.1, -0.05) is 92.7 Å². The predicted octanol–water partition coefficient (Wildman–Crippen LogP) is 4.66. The molecule has 0 spiro atoms. The number of hydrogen-bond donors (Lipinski definition) is 0. The molecule has 150 valence electrons. The fourth-order valence-corrected chi connectivity index (χ4v) is 6.34. The lowest BCUT2D eigenvalue weighted by molar-refractivity contribution is 0.284. The van der Waals surface area contributed by atoms with E-state index < -0.39 is 7.92 Å². The number of aromatic nitrogens is 1. The SMILES string of the molecule is CC(C)[C@H]1COC(n2c(P(c3ccccc3)c3ccccc3)cc3ccccc32)=N1. The van der Waals surface area contributed by atoms with Crippen LogP contribution in [-0.2, 0) is 4.74 Å². The van der Waals surface area contributed by atoms with Crippen molar-refractivity contribution >= 4 is 40.9 Å². The van der Waals surface area contributed by atoms with Gasteiger partial charge in [-0.25, -0.2) is 4.99 Å². The zero-order chi connectivity index (χ0) is 20.5. The number of ether oxygens (including phenoxy) is 1. The van der Waals surface area contributed by atoms with Crippen LogP contribution in [0.15, 0.2) is 96.0 Å². The highest BCUT2D eigenvalue weighted by atomic mass is 31.1. The number of nitrogens with zero attached hydrogens (tertiary/aromatic N) is 2. The normalized spacial score (nSPS) is 16.3. The Morgan fingerprint density at radius 2 is 1.47 bits per heavy atom. The summed E-state index contributed by atoms with van der Waals surface area (Å²) < 4.78 is 8.42. The van der Waals surface area contributed by atoms with Crippen molar-refractivity contribution < 1.29 is 4.74 Å². The van der Waals surface area contributed by atoms with Crippen molar-refractivity contribution in [3.8, 4) is 0 Å². The summed E-state index contributed by atoms with van der Waals surface area (Å²) in [6.45, 7) is 5.06. The molecule has 1 aliphatic rings. The zero-order valence-corrected chi connectivity index (χ0v) is 18.2. The minimum atomic E-state index is -0.757. The van der Waals surface area contributed by atoms with E-state index in [9.17, 15) is 0 Å². The molecule has 0 saturated heterocycles. The summed E-state index contributed by atoms with van der Waals surface area (Å²) in [6.07, 6.45) is 0. The first-order chi connectivity index (χ1) is 14.7. The van der Waals surface area contributed by atoms with Crippen LogP contribution in [0.3, 0.4) is 0 Å². The molecule has 1 atom stereocenters. The molecule has 4 heteroatoms. The second-order valence-corrected chi connectivity index (χ2v) is 10.1. The minimum absolute atomic E-state index is 0.202. The third-order valence-corrected chi connectivity index (χ3v) is 7.99.